The Morgan fingerprint density at radius 3 is 2.45 bits per heavy atom. The van der Waals surface area contributed by atoms with E-state index < -0.39 is 111 Å². The normalized spacial score (nSPS) is 38.9. The number of fused-ring (bicyclic) bond motifs is 4. The Balaban J connectivity index is 1.62. The molecule has 12 atom stereocenters. The Morgan fingerprint density at radius 2 is 1.84 bits per heavy atom. The molecule has 16 heteroatoms. The highest BCUT2D eigenvalue weighted by Crippen LogP contribution is 2.69. The topological polar surface area (TPSA) is 218 Å². The Kier molecular flexibility index (Phi) is 9.97. The average molecular weight is 712 g/mol. The van der Waals surface area contributed by atoms with Crippen LogP contribution in [0, 0.1) is 34.5 Å². The molecule has 272 valence electrons. The van der Waals surface area contributed by atoms with Crippen LogP contribution in [0.2, 0.25) is 0 Å². The van der Waals surface area contributed by atoms with E-state index in [9.17, 15) is 42.6 Å². The van der Waals surface area contributed by atoms with Crippen LogP contribution in [0.3, 0.4) is 0 Å². The number of carbonyl (C=O) groups excluding carboxylic acids is 5. The Morgan fingerprint density at radius 1 is 1.16 bits per heavy atom. The quantitative estimate of drug-likeness (QED) is 0.177. The van der Waals surface area contributed by atoms with Gasteiger partial charge in [0.2, 0.25) is 16.1 Å². The molecule has 2 unspecified atom stereocenters. The van der Waals surface area contributed by atoms with Crippen LogP contribution in [-0.4, -0.2) is 105 Å². The average Bonchev–Trinajstić information content (AvgIpc) is 2.96. The summed E-state index contributed by atoms with van der Waals surface area (Å²) in [4.78, 5) is 67.2. The van der Waals surface area contributed by atoms with Crippen molar-refractivity contribution >= 4 is 39.7 Å². The summed E-state index contributed by atoms with van der Waals surface area (Å²) in [6.45, 7) is 8.03. The largest absolute Gasteiger partial charge is 0.469 e. The maximum Gasteiger partial charge on any atom is 0.348 e. The van der Waals surface area contributed by atoms with Crippen LogP contribution in [0.4, 0.5) is 0 Å². The number of hydrogen-bond acceptors (Lipinski definition) is 14. The van der Waals surface area contributed by atoms with Crippen LogP contribution < -0.4 is 4.72 Å². The number of Topliss-reactive ketones (excluding diaryl/α,β-unsaturated/α-hetero) is 1. The van der Waals surface area contributed by atoms with Crippen molar-refractivity contribution in [1.82, 2.24) is 4.72 Å². The molecule has 1 spiro atoms. The molecule has 15 nitrogen and oxygen atoms in total. The number of ether oxygens (including phenoxy) is 5. The van der Waals surface area contributed by atoms with Crippen molar-refractivity contribution in [3.05, 3.63) is 23.0 Å². The van der Waals surface area contributed by atoms with E-state index in [1.165, 1.54) is 20.1 Å². The van der Waals surface area contributed by atoms with E-state index in [0.29, 0.717) is 11.1 Å². The molecule has 3 aliphatic heterocycles. The van der Waals surface area contributed by atoms with Crippen LogP contribution in [0.15, 0.2) is 23.0 Å². The third-order valence-electron chi connectivity index (χ3n) is 11.0. The minimum Gasteiger partial charge on any atom is -0.469 e. The number of ketones is 1. The monoisotopic (exact) mass is 711 g/mol. The molecule has 6 rings (SSSR count). The molecule has 0 amide bonds. The Bertz CT molecular complexity index is 1600. The maximum atomic E-state index is 13.9. The molecule has 3 heterocycles. The molecule has 3 aliphatic carbocycles. The van der Waals surface area contributed by atoms with Crippen LogP contribution in [0.1, 0.15) is 60.3 Å². The van der Waals surface area contributed by atoms with Gasteiger partial charge in [-0.2, -0.15) is 0 Å². The van der Waals surface area contributed by atoms with Gasteiger partial charge in [0, 0.05) is 42.2 Å². The number of aliphatic hydroxyl groups excluding tert-OH is 2. The lowest BCUT2D eigenvalue weighted by Gasteiger charge is -2.69. The zero-order valence-corrected chi connectivity index (χ0v) is 29.4. The summed E-state index contributed by atoms with van der Waals surface area (Å²) in [5.41, 5.74) is -1.67. The van der Waals surface area contributed by atoms with Gasteiger partial charge in [-0.15, -0.1) is 0 Å². The van der Waals surface area contributed by atoms with E-state index in [1.54, 1.807) is 27.7 Å². The highest BCUT2D eigenvalue weighted by Gasteiger charge is 2.76. The van der Waals surface area contributed by atoms with Crippen molar-refractivity contribution in [3.63, 3.8) is 0 Å². The van der Waals surface area contributed by atoms with E-state index >= 15 is 0 Å². The van der Waals surface area contributed by atoms with Gasteiger partial charge in [-0.05, 0) is 51.0 Å². The van der Waals surface area contributed by atoms with Gasteiger partial charge >= 0.3 is 23.9 Å². The minimum atomic E-state index is -3.61. The molecule has 0 aromatic rings. The molecule has 2 saturated carbocycles. The van der Waals surface area contributed by atoms with Gasteiger partial charge in [-0.1, -0.05) is 12.5 Å². The Labute approximate surface area is 284 Å². The van der Waals surface area contributed by atoms with Crippen molar-refractivity contribution in [2.75, 3.05) is 20.0 Å². The number of sulfonamides is 1. The minimum absolute atomic E-state index is 0.0564. The van der Waals surface area contributed by atoms with Gasteiger partial charge in [0.25, 0.3) is 0 Å². The summed E-state index contributed by atoms with van der Waals surface area (Å²) < 4.78 is 54.3. The fourth-order valence-electron chi connectivity index (χ4n) is 9.47. The zero-order valence-electron chi connectivity index (χ0n) is 28.6. The van der Waals surface area contributed by atoms with Gasteiger partial charge in [-0.25, -0.2) is 22.7 Å². The van der Waals surface area contributed by atoms with Gasteiger partial charge < -0.3 is 33.9 Å². The van der Waals surface area contributed by atoms with E-state index in [0.717, 1.165) is 6.26 Å². The number of methoxy groups -OCH3 is 1. The summed E-state index contributed by atoms with van der Waals surface area (Å²) >= 11 is 0. The van der Waals surface area contributed by atoms with E-state index in [4.69, 9.17) is 23.7 Å². The van der Waals surface area contributed by atoms with Crippen molar-refractivity contribution in [1.29, 1.82) is 0 Å². The standard InChI is InChI=1S/C33H45NO14S/c1-14(2)8-22(37)48-28-25-24(30(40)44-6)20-11-18(35)26(39)29-32(5)12-19(36)27(47-23(38)9-15(3)34-49(7,42)43)16(4)17(32)10-21(46-31(28)41)33(25,29)13-45-20/h8,15,17-18,20-21,24-26,28-29,34-35,39H,9-13H2,1-7H3/t15-,17-,18+,20+,21+,24?,25+,26-,28+,29?,32-,33-/m0/s1. The third kappa shape index (κ3) is 6.46. The first-order valence-corrected chi connectivity index (χ1v) is 18.2. The molecular weight excluding hydrogens is 666 g/mol. The lowest BCUT2D eigenvalue weighted by atomic mass is 9.39. The number of hydrogen-bond donors (Lipinski definition) is 3. The summed E-state index contributed by atoms with van der Waals surface area (Å²) in [5.74, 6) is -8.18. The second kappa shape index (κ2) is 13.2. The summed E-state index contributed by atoms with van der Waals surface area (Å²) in [5, 5.41) is 23.4. The van der Waals surface area contributed by atoms with E-state index in [1.807, 2.05) is 0 Å². The molecule has 2 bridgehead atoms. The van der Waals surface area contributed by atoms with Gasteiger partial charge in [0.15, 0.2) is 11.5 Å². The number of esters is 4. The number of nitrogens with one attached hydrogen (secondary N) is 1. The van der Waals surface area contributed by atoms with E-state index in [-0.39, 0.29) is 38.0 Å². The van der Waals surface area contributed by atoms with E-state index in [2.05, 4.69) is 4.72 Å². The summed E-state index contributed by atoms with van der Waals surface area (Å²) in [6, 6.07) is -0.816. The summed E-state index contributed by atoms with van der Waals surface area (Å²) in [6.07, 6.45) is -5.23. The molecule has 0 aromatic carbocycles. The zero-order chi connectivity index (χ0) is 36.4. The highest BCUT2D eigenvalue weighted by molar-refractivity contribution is 7.88. The fraction of sp³-hybridized carbons (Fsp3) is 0.727. The molecule has 3 saturated heterocycles. The smallest absolute Gasteiger partial charge is 0.348 e. The predicted octanol–water partition coefficient (Wildman–Crippen LogP) is 0.466. The first kappa shape index (κ1) is 37.1. The number of aliphatic hydroxyl groups is 2. The molecule has 49 heavy (non-hydrogen) atoms. The molecule has 0 radical (unpaired) electrons. The fourth-order valence-corrected chi connectivity index (χ4v) is 10.3. The SMILES string of the molecule is COC(=O)C1[C@@H]2[C@@H](OC(=O)C=C(C)C)C(=O)O[C@@H]3C[C@H]4C(C)=C(OC(=O)C[C@H](C)NS(C)(=O)=O)C(=O)C[C@]4(C)C4[C@@H](O)[C@H](O)C[C@H]1OC[C@@]423. The predicted molar refractivity (Wildman–Crippen MR) is 167 cm³/mol. The van der Waals surface area contributed by atoms with Gasteiger partial charge in [0.1, 0.15) is 6.10 Å². The number of carbonyl (C=O) groups is 5. The summed E-state index contributed by atoms with van der Waals surface area (Å²) in [7, 11) is -2.44. The molecule has 5 fully saturated rings. The van der Waals surface area contributed by atoms with Gasteiger partial charge in [-0.3, -0.25) is 14.4 Å². The number of allylic oxidation sites excluding steroid dienone is 3. The van der Waals surface area contributed by atoms with Crippen molar-refractivity contribution in [2.24, 2.45) is 34.5 Å². The first-order valence-electron chi connectivity index (χ1n) is 16.3. The lowest BCUT2D eigenvalue weighted by Crippen LogP contribution is -2.77. The Hall–Kier alpha value is -3.18. The van der Waals surface area contributed by atoms with Crippen molar-refractivity contribution < 1.29 is 66.3 Å². The van der Waals surface area contributed by atoms with Crippen molar-refractivity contribution in [2.45, 2.75) is 96.9 Å². The third-order valence-corrected chi connectivity index (χ3v) is 11.8. The lowest BCUT2D eigenvalue weighted by molar-refractivity contribution is -0.324. The highest BCUT2D eigenvalue weighted by atomic mass is 32.2. The van der Waals surface area contributed by atoms with Crippen LogP contribution >= 0.6 is 0 Å². The van der Waals surface area contributed by atoms with Gasteiger partial charge in [0.05, 0.1) is 50.6 Å². The first-order chi connectivity index (χ1) is 22.7. The number of rotatable bonds is 8. The van der Waals surface area contributed by atoms with Crippen molar-refractivity contribution in [3.8, 4) is 0 Å². The molecule has 6 aliphatic rings. The maximum absolute atomic E-state index is 13.9. The molecule has 0 aromatic heterocycles. The van der Waals surface area contributed by atoms with Crippen LogP contribution in [0.5, 0.6) is 0 Å². The van der Waals surface area contributed by atoms with Crippen LogP contribution in [0.25, 0.3) is 0 Å². The second-order valence-electron chi connectivity index (χ2n) is 14.7. The second-order valence-corrected chi connectivity index (χ2v) is 16.5. The molecule has 3 N–H and O–H groups in total. The van der Waals surface area contributed by atoms with Crippen LogP contribution in [-0.2, 0) is 57.7 Å². The molecular formula is C33H45NO14S.